The summed E-state index contributed by atoms with van der Waals surface area (Å²) in [6.07, 6.45) is 2.27. The molecule has 22 N–H and O–H groups in total. The van der Waals surface area contributed by atoms with Crippen molar-refractivity contribution in [2.24, 2.45) is 10.2 Å². The smallest absolute Gasteiger partial charge is 0.872 e. The first kappa shape index (κ1) is 67.4. The molecule has 54 heavy (non-hydrogen) atoms. The van der Waals surface area contributed by atoms with Crippen LogP contribution in [0.2, 0.25) is 0 Å². The van der Waals surface area contributed by atoms with Crippen LogP contribution in [0.1, 0.15) is 31.8 Å². The summed E-state index contributed by atoms with van der Waals surface area (Å²) in [5.41, 5.74) is 4.04. The third kappa shape index (κ3) is 19.9. The molecule has 26 heteroatoms. The summed E-state index contributed by atoms with van der Waals surface area (Å²) >= 11 is 0. The number of amides is 2. The van der Waals surface area contributed by atoms with Gasteiger partial charge in [0, 0.05) is 0 Å². The molecular formula is C28H40Co2N4O18S2+4. The van der Waals surface area contributed by atoms with Crippen molar-refractivity contribution in [1.29, 1.82) is 0 Å². The van der Waals surface area contributed by atoms with E-state index >= 15 is 0 Å². The quantitative estimate of drug-likeness (QED) is 0.0729. The van der Waals surface area contributed by atoms with Crippen molar-refractivity contribution in [3.63, 3.8) is 0 Å². The summed E-state index contributed by atoms with van der Waals surface area (Å²) in [6, 6.07) is 22.0. The maximum Gasteiger partial charge on any atom is 2.00 e. The topological polar surface area (TPSA) is 501 Å². The van der Waals surface area contributed by atoms with E-state index in [2.05, 4.69) is 21.1 Å². The molecule has 0 unspecified atom stereocenters. The number of carbonyl (C=O) groups excluding carboxylic acids is 2. The van der Waals surface area contributed by atoms with E-state index in [4.69, 9.17) is 0 Å². The van der Waals surface area contributed by atoms with Crippen LogP contribution in [0.4, 0.5) is 0 Å². The minimum absolute atomic E-state index is 0. The minimum atomic E-state index is -4.78. The van der Waals surface area contributed by atoms with E-state index in [9.17, 15) is 45.7 Å². The molecule has 0 saturated heterocycles. The van der Waals surface area contributed by atoms with E-state index in [1.54, 1.807) is 24.3 Å². The van der Waals surface area contributed by atoms with E-state index in [1.165, 1.54) is 60.7 Å². The average Bonchev–Trinajstić information content (AvgIpc) is 2.98. The number of nitrogens with one attached hydrogen (secondary N) is 2. The van der Waals surface area contributed by atoms with Crippen LogP contribution in [0, 0.1) is 0 Å². The molecule has 306 valence electrons. The van der Waals surface area contributed by atoms with Gasteiger partial charge in [-0.15, -0.1) is 0 Å². The number of carbonyl (C=O) groups is 2. The SMILES string of the molecule is O.O.O.O.O=C(N/N=C/c1ccccc1[O-])c1ccccc1S(=O)(=O)[O-].O=C(N/N=C/c1ccccc1[O-])c1ccccc1S(=O)(=O)[O-].[Co+2].[Co+2].[OH3+].[OH3+].[OH3+].[OH3+]. The fraction of sp³-hybridized carbons (Fsp3) is 0. The van der Waals surface area contributed by atoms with Crippen LogP contribution < -0.4 is 21.1 Å². The Kier molecular flexibility index (Phi) is 38.3. The summed E-state index contributed by atoms with van der Waals surface area (Å²) in [7, 11) is -9.55. The van der Waals surface area contributed by atoms with Gasteiger partial charge in [0.2, 0.25) is 0 Å². The Morgan fingerprint density at radius 3 is 1.04 bits per heavy atom. The normalized spacial score (nSPS) is 9.37. The monoisotopic (exact) mass is 902 g/mol. The third-order valence-electron chi connectivity index (χ3n) is 5.38. The second-order valence-electron chi connectivity index (χ2n) is 8.37. The molecule has 0 bridgehead atoms. The molecule has 0 atom stereocenters. The molecule has 0 heterocycles. The summed E-state index contributed by atoms with van der Waals surface area (Å²) in [4.78, 5) is 22.5. The van der Waals surface area contributed by atoms with E-state index < -0.39 is 41.8 Å². The second kappa shape index (κ2) is 30.7. The fourth-order valence-corrected chi connectivity index (χ4v) is 4.71. The molecular weight excluding hydrogens is 862 g/mol. The number of hydrazone groups is 2. The van der Waals surface area contributed by atoms with Crippen LogP contribution in [-0.4, -0.2) is 72.1 Å². The Morgan fingerprint density at radius 1 is 0.500 bits per heavy atom. The first-order chi connectivity index (χ1) is 20.8. The number of hydrogen-bond acceptors (Lipinski definition) is 12. The summed E-state index contributed by atoms with van der Waals surface area (Å²) < 4.78 is 66.5. The number of para-hydroxylation sites is 2. The van der Waals surface area contributed by atoms with Crippen LogP contribution in [0.15, 0.2) is 117 Å². The maximum absolute atomic E-state index is 11.9. The predicted octanol–water partition coefficient (Wildman–Crippen LogP) is -6.13. The summed E-state index contributed by atoms with van der Waals surface area (Å²) in [6.45, 7) is 0. The zero-order valence-electron chi connectivity index (χ0n) is 27.2. The van der Waals surface area contributed by atoms with Gasteiger partial charge in [-0.3, -0.25) is 9.59 Å². The van der Waals surface area contributed by atoms with Gasteiger partial charge in [-0.05, 0) is 35.4 Å². The van der Waals surface area contributed by atoms with Gasteiger partial charge in [-0.2, -0.15) is 10.2 Å². The van der Waals surface area contributed by atoms with Crippen molar-refractivity contribution in [2.45, 2.75) is 9.79 Å². The Balaban J connectivity index is -0.000000110. The number of rotatable bonds is 8. The molecule has 0 aromatic heterocycles. The van der Waals surface area contributed by atoms with Crippen molar-refractivity contribution in [1.82, 2.24) is 10.9 Å². The Hall–Kier alpha value is -4.73. The summed E-state index contributed by atoms with van der Waals surface area (Å²) in [5, 5.41) is 30.0. The zero-order valence-corrected chi connectivity index (χ0v) is 30.9. The van der Waals surface area contributed by atoms with Gasteiger partial charge in [0.1, 0.15) is 20.2 Å². The largest absolute Gasteiger partial charge is 2.00 e. The van der Waals surface area contributed by atoms with E-state index in [0.29, 0.717) is 0 Å². The van der Waals surface area contributed by atoms with E-state index in [-0.39, 0.29) is 111 Å². The molecule has 4 aromatic carbocycles. The first-order valence-electron chi connectivity index (χ1n) is 12.1. The number of hydrogen-bond donors (Lipinski definition) is 2. The van der Waals surface area contributed by atoms with Crippen LogP contribution in [-0.2, 0) is 75.7 Å². The fourth-order valence-electron chi connectivity index (χ4n) is 3.36. The predicted molar refractivity (Wildman–Crippen MR) is 185 cm³/mol. The molecule has 4 aromatic rings. The standard InChI is InChI=1S/2C14H12N2O5S.2Co.8H2O/c2*17-12-7-3-1-5-10(12)9-15-16-14(18)11-6-2-4-8-13(11)22(19,20)21;;;;;;;;;;/h2*1-9,17H,(H,16,18)(H,19,20,21);;;8*1H2/q;;2*+2;;;;;;;;/b2*15-9+;;;;;;;;;;. The molecule has 0 fully saturated rings. The molecule has 2 radical (unpaired) electrons. The van der Waals surface area contributed by atoms with Gasteiger partial charge in [-0.1, -0.05) is 84.3 Å². The third-order valence-corrected chi connectivity index (χ3v) is 7.17. The van der Waals surface area contributed by atoms with Crippen LogP contribution >= 0.6 is 0 Å². The van der Waals surface area contributed by atoms with Crippen LogP contribution in [0.5, 0.6) is 11.5 Å². The molecule has 0 aliphatic heterocycles. The van der Waals surface area contributed by atoms with Crippen molar-refractivity contribution in [3.05, 3.63) is 119 Å². The van der Waals surface area contributed by atoms with Gasteiger partial charge >= 0.3 is 33.6 Å². The average molecular weight is 903 g/mol. The van der Waals surface area contributed by atoms with Gasteiger partial charge in [-0.25, -0.2) is 27.7 Å². The van der Waals surface area contributed by atoms with Gasteiger partial charge in [0.05, 0.1) is 33.3 Å². The number of nitrogens with zero attached hydrogens (tertiary/aromatic N) is 2. The number of benzene rings is 4. The molecule has 2 amide bonds. The summed E-state index contributed by atoms with van der Waals surface area (Å²) in [5.74, 6) is -2.28. The zero-order chi connectivity index (χ0) is 32.3. The van der Waals surface area contributed by atoms with Crippen molar-refractivity contribution < 1.29 is 123 Å². The van der Waals surface area contributed by atoms with Gasteiger partial charge in [0.15, 0.2) is 0 Å². The van der Waals surface area contributed by atoms with Crippen LogP contribution in [0.25, 0.3) is 0 Å². The molecule has 22 nitrogen and oxygen atoms in total. The Labute approximate surface area is 328 Å². The van der Waals surface area contributed by atoms with Crippen LogP contribution in [0.3, 0.4) is 0 Å². The molecule has 0 saturated carbocycles. The molecule has 0 aliphatic rings. The molecule has 4 rings (SSSR count). The minimum Gasteiger partial charge on any atom is -0.872 e. The molecule has 0 spiro atoms. The van der Waals surface area contributed by atoms with Crippen molar-refractivity contribution >= 4 is 44.5 Å². The van der Waals surface area contributed by atoms with E-state index in [1.807, 2.05) is 0 Å². The van der Waals surface area contributed by atoms with Crippen molar-refractivity contribution in [2.75, 3.05) is 0 Å². The van der Waals surface area contributed by atoms with Gasteiger partial charge in [0.25, 0.3) is 11.8 Å². The van der Waals surface area contributed by atoms with Crippen molar-refractivity contribution in [3.8, 4) is 11.5 Å². The second-order valence-corrected chi connectivity index (χ2v) is 11.1. The van der Waals surface area contributed by atoms with E-state index in [0.717, 1.165) is 24.6 Å². The van der Waals surface area contributed by atoms with Gasteiger partial charge < -0.3 is 63.1 Å². The molecule has 0 aliphatic carbocycles. The Bertz CT molecular complexity index is 1830. The first-order valence-corrected chi connectivity index (χ1v) is 14.9. The Morgan fingerprint density at radius 2 is 0.759 bits per heavy atom. The maximum atomic E-state index is 11.9.